The number of allylic oxidation sites excluding steroid dienone is 1. The van der Waals surface area contributed by atoms with E-state index in [9.17, 15) is 28.8 Å². The molecule has 2 aliphatic carbocycles. The van der Waals surface area contributed by atoms with Gasteiger partial charge in [-0.1, -0.05) is 39.2 Å². The van der Waals surface area contributed by atoms with E-state index in [1.54, 1.807) is 27.7 Å². The van der Waals surface area contributed by atoms with E-state index in [0.717, 1.165) is 19.3 Å². The summed E-state index contributed by atoms with van der Waals surface area (Å²) in [6.45, 7) is 10.8. The number of urea groups is 1. The summed E-state index contributed by atoms with van der Waals surface area (Å²) in [7, 11) is 0. The number of carbonyl (C=O) groups is 6. The standard InChI is InChI=1S/C28H43N5O7/c1-7-9-19(34)40-14-18(31-26(39)32-27(2,3)4)25(38)33-13-16-20(28(16,5)6)21(33)24(37)30-17(22(35)23(29)36)12-15-10-8-11-15/h7,9,15-18,20-21H,8,10-14H2,1-6H3,(H2,29,36)(H,30,37)(H2,31,32,39)/b9-7+/t16?,17?,18-,20-,21-/m0/s1. The number of carbonyl (C=O) groups excluding carboxylic acids is 6. The Morgan fingerprint density at radius 3 is 2.25 bits per heavy atom. The van der Waals surface area contributed by atoms with E-state index in [1.165, 1.54) is 17.1 Å². The van der Waals surface area contributed by atoms with Gasteiger partial charge in [0.15, 0.2) is 0 Å². The van der Waals surface area contributed by atoms with Crippen LogP contribution in [0.5, 0.6) is 0 Å². The predicted molar refractivity (Wildman–Crippen MR) is 145 cm³/mol. The monoisotopic (exact) mass is 561 g/mol. The van der Waals surface area contributed by atoms with E-state index in [4.69, 9.17) is 10.5 Å². The molecule has 222 valence electrons. The number of fused-ring (bicyclic) bond motifs is 1. The lowest BCUT2D eigenvalue weighted by atomic mass is 9.80. The molecule has 1 saturated heterocycles. The number of esters is 1. The van der Waals surface area contributed by atoms with Gasteiger partial charge in [0.05, 0.1) is 6.04 Å². The summed E-state index contributed by atoms with van der Waals surface area (Å²) in [6, 6.07) is -3.89. The third kappa shape index (κ3) is 7.19. The molecule has 12 heteroatoms. The van der Waals surface area contributed by atoms with Crippen LogP contribution in [0.25, 0.3) is 0 Å². The molecule has 5 atom stereocenters. The van der Waals surface area contributed by atoms with Crippen molar-refractivity contribution in [1.82, 2.24) is 20.9 Å². The lowest BCUT2D eigenvalue weighted by Crippen LogP contribution is -2.60. The zero-order chi connectivity index (χ0) is 30.0. The summed E-state index contributed by atoms with van der Waals surface area (Å²) in [4.78, 5) is 77.8. The smallest absolute Gasteiger partial charge is 0.330 e. The highest BCUT2D eigenvalue weighted by Gasteiger charge is 2.69. The van der Waals surface area contributed by atoms with Gasteiger partial charge < -0.3 is 31.3 Å². The van der Waals surface area contributed by atoms with Crippen LogP contribution in [0.3, 0.4) is 0 Å². The van der Waals surface area contributed by atoms with Crippen molar-refractivity contribution in [2.45, 2.75) is 90.9 Å². The maximum atomic E-state index is 13.8. The van der Waals surface area contributed by atoms with Gasteiger partial charge in [-0.2, -0.15) is 0 Å². The van der Waals surface area contributed by atoms with Crippen LogP contribution in [0.1, 0.15) is 67.2 Å². The fourth-order valence-electron chi connectivity index (χ4n) is 5.79. The number of ketones is 1. The lowest BCUT2D eigenvalue weighted by Gasteiger charge is -2.34. The fourth-order valence-corrected chi connectivity index (χ4v) is 5.79. The van der Waals surface area contributed by atoms with E-state index < -0.39 is 65.8 Å². The summed E-state index contributed by atoms with van der Waals surface area (Å²) in [5.74, 6) is -3.74. The molecular weight excluding hydrogens is 518 g/mol. The molecule has 1 aliphatic heterocycles. The lowest BCUT2D eigenvalue weighted by molar-refractivity contribution is -0.147. The van der Waals surface area contributed by atoms with Crippen molar-refractivity contribution < 1.29 is 33.5 Å². The highest BCUT2D eigenvalue weighted by Crippen LogP contribution is 2.64. The Morgan fingerprint density at radius 1 is 1.07 bits per heavy atom. The molecule has 2 saturated carbocycles. The molecule has 0 aromatic carbocycles. The number of nitrogens with one attached hydrogen (secondary N) is 3. The molecule has 2 unspecified atom stereocenters. The van der Waals surface area contributed by atoms with Gasteiger partial charge in [0.1, 0.15) is 18.7 Å². The minimum atomic E-state index is -1.26. The molecule has 0 spiro atoms. The van der Waals surface area contributed by atoms with Crippen molar-refractivity contribution >= 4 is 35.5 Å². The van der Waals surface area contributed by atoms with Crippen molar-refractivity contribution in [2.24, 2.45) is 28.9 Å². The van der Waals surface area contributed by atoms with Gasteiger partial charge in [0.2, 0.25) is 17.6 Å². The topological polar surface area (TPSA) is 177 Å². The predicted octanol–water partition coefficient (Wildman–Crippen LogP) is 0.784. The molecule has 5 amide bonds. The van der Waals surface area contributed by atoms with E-state index in [1.807, 2.05) is 13.8 Å². The number of piperidine rings is 1. The van der Waals surface area contributed by atoms with Gasteiger partial charge in [-0.15, -0.1) is 0 Å². The molecular formula is C28H43N5O7. The summed E-state index contributed by atoms with van der Waals surface area (Å²) in [6.07, 6.45) is 5.82. The van der Waals surface area contributed by atoms with Gasteiger partial charge in [0.25, 0.3) is 5.91 Å². The number of nitrogens with two attached hydrogens (primary N) is 1. The Balaban J connectivity index is 1.82. The van der Waals surface area contributed by atoms with Gasteiger partial charge in [0, 0.05) is 18.2 Å². The number of rotatable bonds is 11. The quantitative estimate of drug-likeness (QED) is 0.164. The first-order valence-corrected chi connectivity index (χ1v) is 13.9. The Labute approximate surface area is 235 Å². The van der Waals surface area contributed by atoms with E-state index in [2.05, 4.69) is 16.0 Å². The minimum absolute atomic E-state index is 0.0266. The number of hydrogen-bond acceptors (Lipinski definition) is 7. The number of amides is 5. The molecule has 40 heavy (non-hydrogen) atoms. The van der Waals surface area contributed by atoms with Crippen molar-refractivity contribution in [1.29, 1.82) is 0 Å². The molecule has 12 nitrogen and oxygen atoms in total. The van der Waals surface area contributed by atoms with Gasteiger partial charge >= 0.3 is 12.0 Å². The third-order valence-corrected chi connectivity index (χ3v) is 8.22. The summed E-state index contributed by atoms with van der Waals surface area (Å²) >= 11 is 0. The average molecular weight is 562 g/mol. The Bertz CT molecular complexity index is 1080. The molecule has 3 fully saturated rings. The van der Waals surface area contributed by atoms with Gasteiger partial charge in [-0.3, -0.25) is 19.2 Å². The first-order valence-electron chi connectivity index (χ1n) is 13.9. The third-order valence-electron chi connectivity index (χ3n) is 8.22. The average Bonchev–Trinajstić information content (AvgIpc) is 3.14. The molecule has 1 heterocycles. The first kappa shape index (κ1) is 31.1. The van der Waals surface area contributed by atoms with Crippen LogP contribution in [-0.4, -0.2) is 77.2 Å². The van der Waals surface area contributed by atoms with E-state index >= 15 is 0 Å². The molecule has 3 aliphatic rings. The minimum Gasteiger partial charge on any atom is -0.460 e. The normalized spacial score (nSPS) is 24.8. The molecule has 0 bridgehead atoms. The number of nitrogens with zero attached hydrogens (tertiary/aromatic N) is 1. The highest BCUT2D eigenvalue weighted by molar-refractivity contribution is 6.37. The maximum Gasteiger partial charge on any atom is 0.330 e. The number of ether oxygens (including phenoxy) is 1. The SMILES string of the molecule is C/C=C/C(=O)OC[C@H](NC(=O)NC(C)(C)C)C(=O)N1CC2[C@@H]([C@H]1C(=O)NC(CC1CCC1)C(=O)C(N)=O)C2(C)C. The van der Waals surface area contributed by atoms with E-state index in [-0.39, 0.29) is 29.7 Å². The van der Waals surface area contributed by atoms with Crippen LogP contribution in [0.4, 0.5) is 4.79 Å². The van der Waals surface area contributed by atoms with Crippen LogP contribution in [0, 0.1) is 23.2 Å². The molecule has 3 rings (SSSR count). The summed E-state index contributed by atoms with van der Waals surface area (Å²) < 4.78 is 5.20. The highest BCUT2D eigenvalue weighted by atomic mass is 16.5. The van der Waals surface area contributed by atoms with Crippen LogP contribution in [0.2, 0.25) is 0 Å². The van der Waals surface area contributed by atoms with Crippen molar-refractivity contribution in [3.8, 4) is 0 Å². The Morgan fingerprint density at radius 2 is 1.73 bits per heavy atom. The van der Waals surface area contributed by atoms with E-state index in [0.29, 0.717) is 6.42 Å². The second-order valence-corrected chi connectivity index (χ2v) is 12.7. The number of hydrogen-bond donors (Lipinski definition) is 4. The van der Waals surface area contributed by atoms with Crippen LogP contribution >= 0.6 is 0 Å². The van der Waals surface area contributed by atoms with Crippen molar-refractivity contribution in [3.63, 3.8) is 0 Å². The van der Waals surface area contributed by atoms with Crippen molar-refractivity contribution in [3.05, 3.63) is 12.2 Å². The van der Waals surface area contributed by atoms with Gasteiger partial charge in [-0.05, 0) is 57.3 Å². The van der Waals surface area contributed by atoms with Crippen LogP contribution < -0.4 is 21.7 Å². The Kier molecular flexibility index (Phi) is 9.31. The van der Waals surface area contributed by atoms with Crippen LogP contribution in [0.15, 0.2) is 12.2 Å². The fraction of sp³-hybridized carbons (Fsp3) is 0.714. The number of Topliss-reactive ketones (excluding diaryl/α,β-unsaturated/α-hetero) is 1. The van der Waals surface area contributed by atoms with Crippen LogP contribution in [-0.2, 0) is 28.7 Å². The number of primary amides is 1. The molecule has 0 aromatic heterocycles. The maximum absolute atomic E-state index is 13.8. The second-order valence-electron chi connectivity index (χ2n) is 12.7. The van der Waals surface area contributed by atoms with Crippen molar-refractivity contribution in [2.75, 3.05) is 13.2 Å². The largest absolute Gasteiger partial charge is 0.460 e. The zero-order valence-electron chi connectivity index (χ0n) is 24.2. The summed E-state index contributed by atoms with van der Waals surface area (Å²) in [5, 5.41) is 8.02. The Hall–Kier alpha value is -3.44. The summed E-state index contributed by atoms with van der Waals surface area (Å²) in [5.41, 5.74) is 4.45. The molecule has 0 radical (unpaired) electrons. The zero-order valence-corrected chi connectivity index (χ0v) is 24.2. The first-order chi connectivity index (χ1) is 18.6. The van der Waals surface area contributed by atoms with Gasteiger partial charge in [-0.25, -0.2) is 9.59 Å². The number of likely N-dealkylation sites (tertiary alicyclic amines) is 1. The second kappa shape index (κ2) is 12.0. The molecule has 5 N–H and O–H groups in total. The molecule has 0 aromatic rings.